The van der Waals surface area contributed by atoms with E-state index in [9.17, 15) is 9.59 Å². The fourth-order valence-corrected chi connectivity index (χ4v) is 3.03. The number of rotatable bonds is 4. The third kappa shape index (κ3) is 2.93. The van der Waals surface area contributed by atoms with E-state index in [0.29, 0.717) is 37.7 Å². The highest BCUT2D eigenvalue weighted by Gasteiger charge is 2.32. The molecule has 5 nitrogen and oxygen atoms in total. The Labute approximate surface area is 123 Å². The van der Waals surface area contributed by atoms with Crippen LogP contribution in [-0.4, -0.2) is 38.2 Å². The lowest BCUT2D eigenvalue weighted by Crippen LogP contribution is -2.25. The zero-order valence-electron chi connectivity index (χ0n) is 12.1. The second-order valence-corrected chi connectivity index (χ2v) is 5.64. The number of methoxy groups -OCH3 is 1. The molecule has 1 saturated carbocycles. The first kappa shape index (κ1) is 14.1. The summed E-state index contributed by atoms with van der Waals surface area (Å²) >= 11 is 0. The molecular formula is C16H19NO4. The van der Waals surface area contributed by atoms with Gasteiger partial charge in [-0.1, -0.05) is 12.1 Å². The van der Waals surface area contributed by atoms with E-state index < -0.39 is 0 Å². The highest BCUT2D eigenvalue weighted by atomic mass is 16.6. The largest absolute Gasteiger partial charge is 0.441 e. The van der Waals surface area contributed by atoms with E-state index in [2.05, 4.69) is 0 Å². The van der Waals surface area contributed by atoms with Crippen molar-refractivity contribution in [3.05, 3.63) is 29.8 Å². The van der Waals surface area contributed by atoms with E-state index in [-0.39, 0.29) is 12.2 Å². The van der Waals surface area contributed by atoms with Crippen molar-refractivity contribution in [2.45, 2.75) is 31.3 Å². The first-order valence-electron chi connectivity index (χ1n) is 7.26. The molecule has 1 heterocycles. The van der Waals surface area contributed by atoms with Gasteiger partial charge in [-0.05, 0) is 30.0 Å². The average Bonchev–Trinajstić information content (AvgIpc) is 3.06. The van der Waals surface area contributed by atoms with Crippen molar-refractivity contribution >= 4 is 17.6 Å². The summed E-state index contributed by atoms with van der Waals surface area (Å²) in [6, 6.07) is 7.87. The predicted octanol–water partition coefficient (Wildman–Crippen LogP) is 2.49. The molecule has 1 aliphatic carbocycles. The van der Waals surface area contributed by atoms with Gasteiger partial charge in [0.2, 0.25) is 0 Å². The number of hydrogen-bond donors (Lipinski definition) is 0. The van der Waals surface area contributed by atoms with E-state index in [1.807, 2.05) is 24.3 Å². The Bertz CT molecular complexity index is 540. The zero-order valence-corrected chi connectivity index (χ0v) is 12.1. The summed E-state index contributed by atoms with van der Waals surface area (Å²) in [4.78, 5) is 24.8. The normalized spacial score (nSPS) is 25.5. The summed E-state index contributed by atoms with van der Waals surface area (Å²) in [7, 11) is 1.59. The van der Waals surface area contributed by atoms with E-state index in [0.717, 1.165) is 12.1 Å². The molecule has 0 radical (unpaired) electrons. The molecule has 2 unspecified atom stereocenters. The van der Waals surface area contributed by atoms with Crippen molar-refractivity contribution in [2.75, 3.05) is 25.2 Å². The number of benzene rings is 1. The molecule has 1 saturated heterocycles. The molecule has 0 N–H and O–H groups in total. The minimum absolute atomic E-state index is 0.213. The third-order valence-electron chi connectivity index (χ3n) is 4.15. The fourth-order valence-electron chi connectivity index (χ4n) is 3.03. The molecule has 1 aromatic carbocycles. The van der Waals surface area contributed by atoms with Crippen LogP contribution in [0.15, 0.2) is 24.3 Å². The topological polar surface area (TPSA) is 55.8 Å². The lowest BCUT2D eigenvalue weighted by molar-refractivity contribution is -0.117. The minimum atomic E-state index is -0.333. The molecule has 3 rings (SSSR count). The first-order chi connectivity index (χ1) is 10.2. The van der Waals surface area contributed by atoms with Crippen LogP contribution in [0.2, 0.25) is 0 Å². The van der Waals surface area contributed by atoms with Gasteiger partial charge in [0.1, 0.15) is 11.9 Å². The Balaban J connectivity index is 1.69. The molecule has 0 spiro atoms. The number of anilines is 1. The monoisotopic (exact) mass is 289 g/mol. The van der Waals surface area contributed by atoms with Gasteiger partial charge in [-0.25, -0.2) is 4.79 Å². The maximum Gasteiger partial charge on any atom is 0.414 e. The second-order valence-electron chi connectivity index (χ2n) is 5.64. The van der Waals surface area contributed by atoms with Gasteiger partial charge in [-0.3, -0.25) is 9.69 Å². The number of nitrogens with zero attached hydrogens (tertiary/aromatic N) is 1. The van der Waals surface area contributed by atoms with Gasteiger partial charge in [-0.2, -0.15) is 0 Å². The molecular weight excluding hydrogens is 270 g/mol. The molecule has 1 amide bonds. The minimum Gasteiger partial charge on any atom is -0.441 e. The van der Waals surface area contributed by atoms with Crippen LogP contribution in [0.4, 0.5) is 10.5 Å². The van der Waals surface area contributed by atoms with Crippen LogP contribution in [0.3, 0.4) is 0 Å². The number of Topliss-reactive ketones (excluding diaryl/α,β-unsaturated/α-hetero) is 1. The molecule has 2 atom stereocenters. The standard InChI is InChI=1S/C16H19NO4/c1-20-10-15-9-17(16(19)21-15)13-5-2-11(3-6-13)12-4-7-14(18)8-12/h2-3,5-6,12,15H,4,7-10H2,1H3. The molecule has 2 fully saturated rings. The zero-order chi connectivity index (χ0) is 14.8. The summed E-state index contributed by atoms with van der Waals surface area (Å²) < 4.78 is 10.2. The highest BCUT2D eigenvalue weighted by molar-refractivity contribution is 5.89. The summed E-state index contributed by atoms with van der Waals surface area (Å²) in [5, 5.41) is 0. The maximum atomic E-state index is 11.8. The predicted molar refractivity (Wildman–Crippen MR) is 77.5 cm³/mol. The quantitative estimate of drug-likeness (QED) is 0.854. The summed E-state index contributed by atoms with van der Waals surface area (Å²) in [5.74, 6) is 0.674. The second kappa shape index (κ2) is 5.85. The van der Waals surface area contributed by atoms with E-state index in [4.69, 9.17) is 9.47 Å². The number of carbonyl (C=O) groups is 2. The molecule has 0 bridgehead atoms. The van der Waals surface area contributed by atoms with Crippen LogP contribution in [0.1, 0.15) is 30.7 Å². The van der Waals surface area contributed by atoms with Crippen molar-refractivity contribution in [3.8, 4) is 0 Å². The average molecular weight is 289 g/mol. The summed E-state index contributed by atoms with van der Waals surface area (Å²) in [6.07, 6.45) is 1.71. The Morgan fingerprint density at radius 3 is 2.67 bits per heavy atom. The van der Waals surface area contributed by atoms with Crippen molar-refractivity contribution in [3.63, 3.8) is 0 Å². The van der Waals surface area contributed by atoms with Crippen LogP contribution in [-0.2, 0) is 14.3 Å². The van der Waals surface area contributed by atoms with E-state index >= 15 is 0 Å². The number of amides is 1. The molecule has 1 aliphatic heterocycles. The van der Waals surface area contributed by atoms with E-state index in [1.165, 1.54) is 5.56 Å². The Hall–Kier alpha value is -1.88. The number of hydrogen-bond acceptors (Lipinski definition) is 4. The van der Waals surface area contributed by atoms with Crippen LogP contribution < -0.4 is 4.90 Å². The van der Waals surface area contributed by atoms with Gasteiger partial charge in [0, 0.05) is 25.6 Å². The lowest BCUT2D eigenvalue weighted by Gasteiger charge is -2.15. The molecule has 112 valence electrons. The molecule has 5 heteroatoms. The third-order valence-corrected chi connectivity index (χ3v) is 4.15. The van der Waals surface area contributed by atoms with Gasteiger partial charge < -0.3 is 9.47 Å². The summed E-state index contributed by atoms with van der Waals surface area (Å²) in [6.45, 7) is 0.915. The number of ether oxygens (including phenoxy) is 2. The van der Waals surface area contributed by atoms with Crippen LogP contribution >= 0.6 is 0 Å². The number of carbonyl (C=O) groups excluding carboxylic acids is 2. The van der Waals surface area contributed by atoms with Gasteiger partial charge in [-0.15, -0.1) is 0 Å². The summed E-state index contributed by atoms with van der Waals surface area (Å²) in [5.41, 5.74) is 2.00. The highest BCUT2D eigenvalue weighted by Crippen LogP contribution is 2.33. The lowest BCUT2D eigenvalue weighted by atomic mass is 9.97. The Morgan fingerprint density at radius 2 is 2.05 bits per heavy atom. The fraction of sp³-hybridized carbons (Fsp3) is 0.500. The van der Waals surface area contributed by atoms with Crippen LogP contribution in [0, 0.1) is 0 Å². The number of cyclic esters (lactones) is 1. The Morgan fingerprint density at radius 1 is 1.29 bits per heavy atom. The number of ketones is 1. The van der Waals surface area contributed by atoms with Gasteiger partial charge in [0.25, 0.3) is 0 Å². The molecule has 2 aliphatic rings. The maximum absolute atomic E-state index is 11.8. The SMILES string of the molecule is COCC1CN(c2ccc(C3CCC(=O)C3)cc2)C(=O)O1. The van der Waals surface area contributed by atoms with E-state index in [1.54, 1.807) is 12.0 Å². The van der Waals surface area contributed by atoms with Crippen molar-refractivity contribution in [1.82, 2.24) is 0 Å². The molecule has 1 aromatic rings. The van der Waals surface area contributed by atoms with Crippen LogP contribution in [0.25, 0.3) is 0 Å². The molecule has 0 aromatic heterocycles. The van der Waals surface area contributed by atoms with Gasteiger partial charge in [0.15, 0.2) is 0 Å². The van der Waals surface area contributed by atoms with Crippen LogP contribution in [0.5, 0.6) is 0 Å². The first-order valence-corrected chi connectivity index (χ1v) is 7.26. The van der Waals surface area contributed by atoms with Crippen molar-refractivity contribution in [1.29, 1.82) is 0 Å². The smallest absolute Gasteiger partial charge is 0.414 e. The Kier molecular flexibility index (Phi) is 3.92. The molecule has 21 heavy (non-hydrogen) atoms. The van der Waals surface area contributed by atoms with Gasteiger partial charge >= 0.3 is 6.09 Å². The van der Waals surface area contributed by atoms with Crippen molar-refractivity contribution in [2.24, 2.45) is 0 Å². The van der Waals surface area contributed by atoms with Gasteiger partial charge in [0.05, 0.1) is 13.2 Å². The van der Waals surface area contributed by atoms with Crippen molar-refractivity contribution < 1.29 is 19.1 Å².